The molecule has 2 aromatic carbocycles. The van der Waals surface area contributed by atoms with Gasteiger partial charge in [0.1, 0.15) is 5.82 Å². The fourth-order valence-corrected chi connectivity index (χ4v) is 2.68. The topological polar surface area (TPSA) is 51.1 Å². The standard InChI is InChI=1S/C19H17FN2O2/c1-13-12-15-4-2-3-5-17(15)22(19(13)24)11-10-21-18(23)14-6-8-16(20)9-7-14/h2-9,12H,10-11H2,1H3,(H,21,23). The first-order valence-electron chi connectivity index (χ1n) is 7.69. The molecule has 0 saturated carbocycles. The van der Waals surface area contributed by atoms with Crippen LogP contribution in [0.5, 0.6) is 0 Å². The van der Waals surface area contributed by atoms with E-state index in [-0.39, 0.29) is 17.3 Å². The summed E-state index contributed by atoms with van der Waals surface area (Å²) in [5.74, 6) is -0.677. The minimum atomic E-state index is -0.385. The molecule has 0 bridgehead atoms. The number of aryl methyl sites for hydroxylation is 1. The number of carbonyl (C=O) groups excluding carboxylic acids is 1. The molecule has 0 aliphatic rings. The normalized spacial score (nSPS) is 10.8. The molecule has 1 N–H and O–H groups in total. The van der Waals surface area contributed by atoms with Gasteiger partial charge in [0.2, 0.25) is 0 Å². The maximum Gasteiger partial charge on any atom is 0.254 e. The van der Waals surface area contributed by atoms with Gasteiger partial charge in [-0.25, -0.2) is 4.39 Å². The van der Waals surface area contributed by atoms with Crippen molar-refractivity contribution in [3.63, 3.8) is 0 Å². The number of fused-ring (bicyclic) bond motifs is 1. The van der Waals surface area contributed by atoms with E-state index in [0.29, 0.717) is 24.2 Å². The number of amides is 1. The maximum absolute atomic E-state index is 12.9. The Morgan fingerprint density at radius 3 is 2.58 bits per heavy atom. The van der Waals surface area contributed by atoms with Crippen LogP contribution in [-0.4, -0.2) is 17.0 Å². The molecule has 3 rings (SSSR count). The average molecular weight is 324 g/mol. The first-order valence-corrected chi connectivity index (χ1v) is 7.69. The number of hydrogen-bond acceptors (Lipinski definition) is 2. The number of carbonyl (C=O) groups is 1. The van der Waals surface area contributed by atoms with Crippen molar-refractivity contribution in [3.05, 3.63) is 81.9 Å². The lowest BCUT2D eigenvalue weighted by Gasteiger charge is -2.12. The molecule has 0 saturated heterocycles. The summed E-state index contributed by atoms with van der Waals surface area (Å²) >= 11 is 0. The van der Waals surface area contributed by atoms with Gasteiger partial charge in [0, 0.05) is 24.2 Å². The Hall–Kier alpha value is -2.95. The van der Waals surface area contributed by atoms with Crippen LogP contribution in [0, 0.1) is 12.7 Å². The number of rotatable bonds is 4. The van der Waals surface area contributed by atoms with E-state index in [1.54, 1.807) is 11.5 Å². The van der Waals surface area contributed by atoms with Crippen LogP contribution in [0.1, 0.15) is 15.9 Å². The van der Waals surface area contributed by atoms with E-state index in [0.717, 1.165) is 10.9 Å². The highest BCUT2D eigenvalue weighted by Crippen LogP contribution is 2.12. The third-order valence-electron chi connectivity index (χ3n) is 3.91. The zero-order valence-corrected chi connectivity index (χ0v) is 13.3. The van der Waals surface area contributed by atoms with E-state index in [4.69, 9.17) is 0 Å². The summed E-state index contributed by atoms with van der Waals surface area (Å²) in [6.45, 7) is 2.46. The van der Waals surface area contributed by atoms with Gasteiger partial charge in [-0.1, -0.05) is 18.2 Å². The van der Waals surface area contributed by atoms with Crippen molar-refractivity contribution in [1.29, 1.82) is 0 Å². The van der Waals surface area contributed by atoms with Crippen molar-refractivity contribution in [2.45, 2.75) is 13.5 Å². The van der Waals surface area contributed by atoms with Gasteiger partial charge in [-0.05, 0) is 48.7 Å². The molecule has 3 aromatic rings. The predicted octanol–water partition coefficient (Wildman–Crippen LogP) is 2.88. The molecule has 1 aromatic heterocycles. The Labute approximate surface area is 138 Å². The highest BCUT2D eigenvalue weighted by molar-refractivity contribution is 5.94. The van der Waals surface area contributed by atoms with Gasteiger partial charge in [-0.15, -0.1) is 0 Å². The van der Waals surface area contributed by atoms with Crippen molar-refractivity contribution < 1.29 is 9.18 Å². The average Bonchev–Trinajstić information content (AvgIpc) is 2.58. The molecule has 0 atom stereocenters. The SMILES string of the molecule is Cc1cc2ccccc2n(CCNC(=O)c2ccc(F)cc2)c1=O. The lowest BCUT2D eigenvalue weighted by Crippen LogP contribution is -2.31. The molecule has 122 valence electrons. The molecule has 1 amide bonds. The third-order valence-corrected chi connectivity index (χ3v) is 3.91. The van der Waals surface area contributed by atoms with Gasteiger partial charge < -0.3 is 9.88 Å². The van der Waals surface area contributed by atoms with E-state index >= 15 is 0 Å². The summed E-state index contributed by atoms with van der Waals surface area (Å²) in [5, 5.41) is 3.74. The second kappa shape index (κ2) is 6.66. The van der Waals surface area contributed by atoms with Crippen LogP contribution in [0.2, 0.25) is 0 Å². The number of para-hydroxylation sites is 1. The summed E-state index contributed by atoms with van der Waals surface area (Å²) in [6.07, 6.45) is 0. The van der Waals surface area contributed by atoms with Crippen LogP contribution in [0.4, 0.5) is 4.39 Å². The number of halogens is 1. The van der Waals surface area contributed by atoms with Crippen molar-refractivity contribution in [2.75, 3.05) is 6.54 Å². The fourth-order valence-electron chi connectivity index (χ4n) is 2.68. The number of hydrogen-bond donors (Lipinski definition) is 1. The monoisotopic (exact) mass is 324 g/mol. The molecule has 24 heavy (non-hydrogen) atoms. The molecule has 0 spiro atoms. The molecule has 0 unspecified atom stereocenters. The number of nitrogens with one attached hydrogen (secondary N) is 1. The summed E-state index contributed by atoms with van der Waals surface area (Å²) < 4.78 is 14.5. The van der Waals surface area contributed by atoms with Crippen LogP contribution in [0.3, 0.4) is 0 Å². The summed E-state index contributed by atoms with van der Waals surface area (Å²) in [7, 11) is 0. The van der Waals surface area contributed by atoms with Crippen molar-refractivity contribution in [1.82, 2.24) is 9.88 Å². The van der Waals surface area contributed by atoms with Crippen LogP contribution >= 0.6 is 0 Å². The van der Waals surface area contributed by atoms with E-state index in [9.17, 15) is 14.0 Å². The molecule has 0 aliphatic heterocycles. The summed E-state index contributed by atoms with van der Waals surface area (Å²) in [4.78, 5) is 24.4. The number of aromatic nitrogens is 1. The molecular formula is C19H17FN2O2. The van der Waals surface area contributed by atoms with Crippen LogP contribution < -0.4 is 10.9 Å². The van der Waals surface area contributed by atoms with Crippen molar-refractivity contribution >= 4 is 16.8 Å². The van der Waals surface area contributed by atoms with E-state index in [2.05, 4.69) is 5.32 Å². The van der Waals surface area contributed by atoms with Crippen LogP contribution in [0.25, 0.3) is 10.9 Å². The van der Waals surface area contributed by atoms with Crippen LogP contribution in [-0.2, 0) is 6.54 Å². The Bertz CT molecular complexity index is 946. The zero-order valence-electron chi connectivity index (χ0n) is 13.3. The Kier molecular flexibility index (Phi) is 4.42. The van der Waals surface area contributed by atoms with Gasteiger partial charge >= 0.3 is 0 Å². The minimum Gasteiger partial charge on any atom is -0.350 e. The van der Waals surface area contributed by atoms with Crippen LogP contribution in [0.15, 0.2) is 59.4 Å². The fraction of sp³-hybridized carbons (Fsp3) is 0.158. The van der Waals surface area contributed by atoms with Gasteiger partial charge in [-0.3, -0.25) is 9.59 Å². The first-order chi connectivity index (χ1) is 11.6. The largest absolute Gasteiger partial charge is 0.350 e. The highest BCUT2D eigenvalue weighted by atomic mass is 19.1. The molecule has 1 heterocycles. The maximum atomic E-state index is 12.9. The number of benzene rings is 2. The molecule has 0 aliphatic carbocycles. The molecular weight excluding hydrogens is 307 g/mol. The molecule has 0 fully saturated rings. The Balaban J connectivity index is 1.76. The molecule has 5 heteroatoms. The second-order valence-corrected chi connectivity index (χ2v) is 5.61. The second-order valence-electron chi connectivity index (χ2n) is 5.61. The lowest BCUT2D eigenvalue weighted by molar-refractivity contribution is 0.0952. The minimum absolute atomic E-state index is 0.0651. The number of nitrogens with zero attached hydrogens (tertiary/aromatic N) is 1. The highest BCUT2D eigenvalue weighted by Gasteiger charge is 2.08. The van der Waals surface area contributed by atoms with Gasteiger partial charge in [0.05, 0.1) is 5.52 Å². The lowest BCUT2D eigenvalue weighted by atomic mass is 10.1. The van der Waals surface area contributed by atoms with Gasteiger partial charge in [0.15, 0.2) is 0 Å². The Morgan fingerprint density at radius 2 is 1.83 bits per heavy atom. The predicted molar refractivity (Wildman–Crippen MR) is 91.7 cm³/mol. The summed E-state index contributed by atoms with van der Waals surface area (Å²) in [5.41, 5.74) is 1.82. The van der Waals surface area contributed by atoms with E-state index in [1.807, 2.05) is 30.3 Å². The summed E-state index contributed by atoms with van der Waals surface area (Å²) in [6, 6.07) is 14.9. The van der Waals surface area contributed by atoms with Gasteiger partial charge in [-0.2, -0.15) is 0 Å². The van der Waals surface area contributed by atoms with E-state index < -0.39 is 0 Å². The molecule has 0 radical (unpaired) electrons. The van der Waals surface area contributed by atoms with E-state index in [1.165, 1.54) is 24.3 Å². The van der Waals surface area contributed by atoms with Crippen molar-refractivity contribution in [2.24, 2.45) is 0 Å². The molecule has 4 nitrogen and oxygen atoms in total. The quantitative estimate of drug-likeness (QED) is 0.802. The van der Waals surface area contributed by atoms with Gasteiger partial charge in [0.25, 0.3) is 11.5 Å². The number of pyridine rings is 1. The third kappa shape index (κ3) is 3.20. The Morgan fingerprint density at radius 1 is 1.12 bits per heavy atom. The first kappa shape index (κ1) is 15.9. The van der Waals surface area contributed by atoms with Crippen molar-refractivity contribution in [3.8, 4) is 0 Å². The zero-order chi connectivity index (χ0) is 17.1. The smallest absolute Gasteiger partial charge is 0.254 e.